The van der Waals surface area contributed by atoms with E-state index in [9.17, 15) is 8.42 Å². The SMILES string of the molecule is CS(=O)(=O)CCCOCCc1ccccc1. The highest BCUT2D eigenvalue weighted by atomic mass is 32.2. The van der Waals surface area contributed by atoms with E-state index >= 15 is 0 Å². The second-order valence-corrected chi connectivity index (χ2v) is 6.09. The highest BCUT2D eigenvalue weighted by Crippen LogP contribution is 2.00. The quantitative estimate of drug-likeness (QED) is 0.683. The van der Waals surface area contributed by atoms with Gasteiger partial charge in [0.2, 0.25) is 0 Å². The fraction of sp³-hybridized carbons (Fsp3) is 0.500. The molecule has 1 aromatic carbocycles. The third kappa shape index (κ3) is 6.58. The molecule has 4 heteroatoms. The molecule has 1 aromatic rings. The Morgan fingerprint density at radius 3 is 2.44 bits per heavy atom. The predicted octanol–water partition coefficient (Wildman–Crippen LogP) is 1.68. The smallest absolute Gasteiger partial charge is 0.147 e. The van der Waals surface area contributed by atoms with E-state index in [2.05, 4.69) is 12.1 Å². The predicted molar refractivity (Wildman–Crippen MR) is 65.3 cm³/mol. The molecule has 0 unspecified atom stereocenters. The summed E-state index contributed by atoms with van der Waals surface area (Å²) in [4.78, 5) is 0. The normalized spacial score (nSPS) is 11.6. The Hall–Kier alpha value is -0.870. The minimum atomic E-state index is -2.84. The number of sulfone groups is 1. The first-order valence-corrected chi connectivity index (χ1v) is 7.43. The molecule has 0 atom stereocenters. The molecule has 90 valence electrons. The fourth-order valence-corrected chi connectivity index (χ4v) is 2.00. The molecule has 16 heavy (non-hydrogen) atoms. The van der Waals surface area contributed by atoms with E-state index in [1.807, 2.05) is 18.2 Å². The molecule has 0 heterocycles. The van der Waals surface area contributed by atoms with E-state index in [4.69, 9.17) is 4.74 Å². The molecule has 3 nitrogen and oxygen atoms in total. The van der Waals surface area contributed by atoms with Gasteiger partial charge in [0.25, 0.3) is 0 Å². The van der Waals surface area contributed by atoms with Crippen LogP contribution in [0.2, 0.25) is 0 Å². The van der Waals surface area contributed by atoms with Gasteiger partial charge in [-0.05, 0) is 18.4 Å². The molecule has 0 aromatic heterocycles. The van der Waals surface area contributed by atoms with Gasteiger partial charge in [-0.3, -0.25) is 0 Å². The lowest BCUT2D eigenvalue weighted by atomic mass is 10.2. The third-order valence-corrected chi connectivity index (χ3v) is 3.21. The van der Waals surface area contributed by atoms with Crippen molar-refractivity contribution in [2.75, 3.05) is 25.2 Å². The maximum absolute atomic E-state index is 10.8. The summed E-state index contributed by atoms with van der Waals surface area (Å²) in [5.41, 5.74) is 1.24. The van der Waals surface area contributed by atoms with Gasteiger partial charge in [0.15, 0.2) is 0 Å². The summed E-state index contributed by atoms with van der Waals surface area (Å²) in [7, 11) is -2.84. The van der Waals surface area contributed by atoms with E-state index in [-0.39, 0.29) is 5.75 Å². The van der Waals surface area contributed by atoms with Crippen molar-refractivity contribution in [2.24, 2.45) is 0 Å². The van der Waals surface area contributed by atoms with Gasteiger partial charge < -0.3 is 4.74 Å². The third-order valence-electron chi connectivity index (χ3n) is 2.18. The molecular weight excluding hydrogens is 224 g/mol. The van der Waals surface area contributed by atoms with E-state index in [0.29, 0.717) is 19.6 Å². The molecule has 0 radical (unpaired) electrons. The Morgan fingerprint density at radius 2 is 1.81 bits per heavy atom. The van der Waals surface area contributed by atoms with Gasteiger partial charge in [-0.2, -0.15) is 0 Å². The van der Waals surface area contributed by atoms with Crippen molar-refractivity contribution < 1.29 is 13.2 Å². The number of rotatable bonds is 7. The summed E-state index contributed by atoms with van der Waals surface area (Å²) in [6.07, 6.45) is 2.70. The van der Waals surface area contributed by atoms with E-state index in [1.54, 1.807) is 0 Å². The fourth-order valence-electron chi connectivity index (χ4n) is 1.36. The Balaban J connectivity index is 2.05. The number of benzene rings is 1. The first kappa shape index (κ1) is 13.2. The molecule has 1 rings (SSSR count). The minimum Gasteiger partial charge on any atom is -0.381 e. The summed E-state index contributed by atoms with van der Waals surface area (Å²) in [5.74, 6) is 0.207. The lowest BCUT2D eigenvalue weighted by Gasteiger charge is -2.03. The second-order valence-electron chi connectivity index (χ2n) is 3.83. The number of ether oxygens (including phenoxy) is 1. The van der Waals surface area contributed by atoms with Crippen LogP contribution in [0, 0.1) is 0 Å². The summed E-state index contributed by atoms with van der Waals surface area (Å²) in [6, 6.07) is 10.1. The van der Waals surface area contributed by atoms with Crippen LogP contribution in [0.4, 0.5) is 0 Å². The monoisotopic (exact) mass is 242 g/mol. The van der Waals surface area contributed by atoms with Gasteiger partial charge in [0.1, 0.15) is 9.84 Å². The molecule has 0 spiro atoms. The molecular formula is C12H18O3S. The minimum absolute atomic E-state index is 0.207. The van der Waals surface area contributed by atoms with Crippen molar-refractivity contribution in [1.29, 1.82) is 0 Å². The zero-order valence-corrected chi connectivity index (χ0v) is 10.4. The van der Waals surface area contributed by atoms with Crippen molar-refractivity contribution in [3.63, 3.8) is 0 Å². The Kier molecular flexibility index (Phi) is 5.49. The van der Waals surface area contributed by atoms with E-state index in [0.717, 1.165) is 6.42 Å². The van der Waals surface area contributed by atoms with Crippen LogP contribution in [-0.2, 0) is 21.0 Å². The van der Waals surface area contributed by atoms with Crippen molar-refractivity contribution >= 4 is 9.84 Å². The molecule has 0 bridgehead atoms. The Labute approximate surface area is 97.4 Å². The van der Waals surface area contributed by atoms with Gasteiger partial charge in [-0.15, -0.1) is 0 Å². The van der Waals surface area contributed by atoms with Gasteiger partial charge in [0, 0.05) is 12.9 Å². The number of hydrogen-bond donors (Lipinski definition) is 0. The summed E-state index contributed by atoms with van der Waals surface area (Å²) >= 11 is 0. The van der Waals surface area contributed by atoms with Crippen LogP contribution in [0.1, 0.15) is 12.0 Å². The molecule has 0 N–H and O–H groups in total. The molecule has 0 aliphatic heterocycles. The standard InChI is InChI=1S/C12H18O3S/c1-16(13,14)11-5-9-15-10-8-12-6-3-2-4-7-12/h2-4,6-7H,5,8-11H2,1H3. The van der Waals surface area contributed by atoms with Gasteiger partial charge in [0.05, 0.1) is 12.4 Å². The molecule has 0 fully saturated rings. The highest BCUT2D eigenvalue weighted by Gasteiger charge is 2.00. The summed E-state index contributed by atoms with van der Waals surface area (Å²) < 4.78 is 27.0. The molecule has 0 aliphatic carbocycles. The highest BCUT2D eigenvalue weighted by molar-refractivity contribution is 7.90. The van der Waals surface area contributed by atoms with E-state index in [1.165, 1.54) is 11.8 Å². The average Bonchev–Trinajstić information content (AvgIpc) is 2.23. The van der Waals surface area contributed by atoms with Gasteiger partial charge in [-0.25, -0.2) is 8.42 Å². The Morgan fingerprint density at radius 1 is 1.12 bits per heavy atom. The zero-order valence-electron chi connectivity index (χ0n) is 9.56. The lowest BCUT2D eigenvalue weighted by molar-refractivity contribution is 0.138. The van der Waals surface area contributed by atoms with Crippen molar-refractivity contribution in [2.45, 2.75) is 12.8 Å². The first-order chi connectivity index (χ1) is 7.58. The second kappa shape index (κ2) is 6.66. The van der Waals surface area contributed by atoms with Crippen molar-refractivity contribution in [3.8, 4) is 0 Å². The van der Waals surface area contributed by atoms with E-state index < -0.39 is 9.84 Å². The molecule has 0 saturated heterocycles. The molecule has 0 saturated carbocycles. The van der Waals surface area contributed by atoms with Crippen LogP contribution < -0.4 is 0 Å². The van der Waals surface area contributed by atoms with Crippen LogP contribution in [0.5, 0.6) is 0 Å². The average molecular weight is 242 g/mol. The lowest BCUT2D eigenvalue weighted by Crippen LogP contribution is -2.07. The molecule has 0 aliphatic rings. The maximum Gasteiger partial charge on any atom is 0.147 e. The van der Waals surface area contributed by atoms with Crippen LogP contribution in [0.25, 0.3) is 0 Å². The van der Waals surface area contributed by atoms with Gasteiger partial charge >= 0.3 is 0 Å². The Bertz CT molecular complexity index is 384. The van der Waals surface area contributed by atoms with Crippen LogP contribution in [0.3, 0.4) is 0 Å². The maximum atomic E-state index is 10.8. The molecule has 0 amide bonds. The number of hydrogen-bond acceptors (Lipinski definition) is 3. The largest absolute Gasteiger partial charge is 0.381 e. The summed E-state index contributed by atoms with van der Waals surface area (Å²) in [5, 5.41) is 0. The first-order valence-electron chi connectivity index (χ1n) is 5.37. The zero-order chi connectivity index (χ0) is 11.9. The van der Waals surface area contributed by atoms with Crippen LogP contribution in [-0.4, -0.2) is 33.6 Å². The summed E-state index contributed by atoms with van der Waals surface area (Å²) in [6.45, 7) is 1.16. The van der Waals surface area contributed by atoms with Crippen LogP contribution >= 0.6 is 0 Å². The van der Waals surface area contributed by atoms with Crippen LogP contribution in [0.15, 0.2) is 30.3 Å². The van der Waals surface area contributed by atoms with Crippen molar-refractivity contribution in [3.05, 3.63) is 35.9 Å². The van der Waals surface area contributed by atoms with Gasteiger partial charge in [-0.1, -0.05) is 30.3 Å². The topological polar surface area (TPSA) is 43.4 Å². The van der Waals surface area contributed by atoms with Crippen molar-refractivity contribution in [1.82, 2.24) is 0 Å².